The van der Waals surface area contributed by atoms with Gasteiger partial charge in [-0.3, -0.25) is 4.79 Å². The van der Waals surface area contributed by atoms with Gasteiger partial charge in [0.2, 0.25) is 5.88 Å². The fourth-order valence-corrected chi connectivity index (χ4v) is 2.26. The lowest BCUT2D eigenvalue weighted by Crippen LogP contribution is -2.27. The maximum Gasteiger partial charge on any atom is 0.272 e. The van der Waals surface area contributed by atoms with Crippen LogP contribution in [-0.2, 0) is 6.73 Å². The summed E-state index contributed by atoms with van der Waals surface area (Å²) in [5.74, 6) is 0.357. The molecule has 1 N–H and O–H groups in total. The molecular formula is C14H14Cl2N2O3. The van der Waals surface area contributed by atoms with Crippen LogP contribution in [0, 0.1) is 0 Å². The molecule has 5 nitrogen and oxygen atoms in total. The Balaban J connectivity index is 2.50. The second kappa shape index (κ2) is 6.47. The molecule has 0 amide bonds. The largest absolute Gasteiger partial charge is 0.434 e. The topological polar surface area (TPSA) is 64.3 Å². The Morgan fingerprint density at radius 2 is 1.95 bits per heavy atom. The van der Waals surface area contributed by atoms with E-state index in [1.165, 1.54) is 6.07 Å². The third-order valence-electron chi connectivity index (χ3n) is 2.86. The van der Waals surface area contributed by atoms with E-state index in [4.69, 9.17) is 27.9 Å². The van der Waals surface area contributed by atoms with Gasteiger partial charge < -0.3 is 9.84 Å². The number of halogens is 2. The van der Waals surface area contributed by atoms with Gasteiger partial charge in [0.1, 0.15) is 6.73 Å². The predicted octanol–water partition coefficient (Wildman–Crippen LogP) is 3.42. The van der Waals surface area contributed by atoms with Crippen molar-refractivity contribution in [3.8, 4) is 11.6 Å². The van der Waals surface area contributed by atoms with Gasteiger partial charge in [-0.25, -0.2) is 4.68 Å². The van der Waals surface area contributed by atoms with Crippen LogP contribution in [0.5, 0.6) is 11.6 Å². The molecule has 0 bridgehead atoms. The molecule has 1 aromatic carbocycles. The fraction of sp³-hybridized carbons (Fsp3) is 0.286. The van der Waals surface area contributed by atoms with E-state index in [0.29, 0.717) is 15.6 Å². The number of para-hydroxylation sites is 1. The first-order valence-electron chi connectivity index (χ1n) is 6.28. The van der Waals surface area contributed by atoms with Crippen LogP contribution in [0.15, 0.2) is 29.1 Å². The average Bonchev–Trinajstić information content (AvgIpc) is 2.44. The first kappa shape index (κ1) is 15.8. The van der Waals surface area contributed by atoms with E-state index in [9.17, 15) is 9.90 Å². The highest BCUT2D eigenvalue weighted by Crippen LogP contribution is 2.35. The Bertz CT molecular complexity index is 694. The second-order valence-corrected chi connectivity index (χ2v) is 5.51. The third-order valence-corrected chi connectivity index (χ3v) is 3.46. The van der Waals surface area contributed by atoms with Crippen molar-refractivity contribution in [2.24, 2.45) is 0 Å². The van der Waals surface area contributed by atoms with Crippen molar-refractivity contribution in [2.75, 3.05) is 0 Å². The molecule has 112 valence electrons. The van der Waals surface area contributed by atoms with Gasteiger partial charge in [-0.1, -0.05) is 43.1 Å². The van der Waals surface area contributed by atoms with Crippen molar-refractivity contribution in [2.45, 2.75) is 26.5 Å². The Labute approximate surface area is 131 Å². The lowest BCUT2D eigenvalue weighted by molar-refractivity contribution is 0.184. The third kappa shape index (κ3) is 3.37. The molecule has 2 aromatic rings. The van der Waals surface area contributed by atoms with Gasteiger partial charge in [0.05, 0.1) is 10.0 Å². The minimum absolute atomic E-state index is 0.0395. The SMILES string of the molecule is CC(C)c1cc(Oc2c(Cl)cccc2Cl)nn(CO)c1=O. The summed E-state index contributed by atoms with van der Waals surface area (Å²) in [5.41, 5.74) is 0.127. The van der Waals surface area contributed by atoms with Crippen molar-refractivity contribution in [1.82, 2.24) is 9.78 Å². The van der Waals surface area contributed by atoms with Crippen LogP contribution in [0.2, 0.25) is 10.0 Å². The fourth-order valence-electron chi connectivity index (χ4n) is 1.78. The monoisotopic (exact) mass is 328 g/mol. The Morgan fingerprint density at radius 1 is 1.33 bits per heavy atom. The summed E-state index contributed by atoms with van der Waals surface area (Å²) in [6, 6.07) is 6.49. The molecule has 0 radical (unpaired) electrons. The lowest BCUT2D eigenvalue weighted by atomic mass is 10.1. The summed E-state index contributed by atoms with van der Waals surface area (Å²) in [6.45, 7) is 3.20. The van der Waals surface area contributed by atoms with E-state index in [0.717, 1.165) is 4.68 Å². The Hall–Kier alpha value is -1.56. The highest BCUT2D eigenvalue weighted by molar-refractivity contribution is 6.37. The van der Waals surface area contributed by atoms with Crippen molar-refractivity contribution >= 4 is 23.2 Å². The van der Waals surface area contributed by atoms with Gasteiger partial charge in [-0.05, 0) is 18.1 Å². The number of rotatable bonds is 4. The first-order chi connectivity index (χ1) is 9.93. The van der Waals surface area contributed by atoms with Gasteiger partial charge in [-0.2, -0.15) is 0 Å². The zero-order valence-electron chi connectivity index (χ0n) is 11.5. The Kier molecular flexibility index (Phi) is 4.88. The van der Waals surface area contributed by atoms with Gasteiger partial charge in [-0.15, -0.1) is 5.10 Å². The van der Waals surface area contributed by atoms with Crippen LogP contribution < -0.4 is 10.3 Å². The molecule has 0 aliphatic heterocycles. The number of hydrogen-bond donors (Lipinski definition) is 1. The molecule has 1 heterocycles. The highest BCUT2D eigenvalue weighted by atomic mass is 35.5. The lowest BCUT2D eigenvalue weighted by Gasteiger charge is -2.12. The number of nitrogens with zero attached hydrogens (tertiary/aromatic N) is 2. The molecule has 0 aliphatic carbocycles. The molecule has 1 aromatic heterocycles. The molecular weight excluding hydrogens is 315 g/mol. The summed E-state index contributed by atoms with van der Waals surface area (Å²) in [6.07, 6.45) is 0. The molecule has 0 fully saturated rings. The first-order valence-corrected chi connectivity index (χ1v) is 7.04. The molecule has 2 rings (SSSR count). The van der Waals surface area contributed by atoms with E-state index in [2.05, 4.69) is 5.10 Å². The van der Waals surface area contributed by atoms with Crippen LogP contribution in [0.25, 0.3) is 0 Å². The number of benzene rings is 1. The van der Waals surface area contributed by atoms with Crippen LogP contribution in [0.3, 0.4) is 0 Å². The summed E-state index contributed by atoms with van der Waals surface area (Å²) in [7, 11) is 0. The molecule has 21 heavy (non-hydrogen) atoms. The molecule has 0 aliphatic rings. The minimum Gasteiger partial charge on any atom is -0.434 e. The zero-order chi connectivity index (χ0) is 15.6. The summed E-state index contributed by atoms with van der Waals surface area (Å²) < 4.78 is 6.51. The molecule has 0 saturated heterocycles. The maximum absolute atomic E-state index is 12.0. The van der Waals surface area contributed by atoms with E-state index >= 15 is 0 Å². The van der Waals surface area contributed by atoms with Gasteiger partial charge in [0, 0.05) is 11.6 Å². The quantitative estimate of drug-likeness (QED) is 0.933. The molecule has 7 heteroatoms. The molecule has 0 saturated carbocycles. The molecule has 0 spiro atoms. The van der Waals surface area contributed by atoms with Crippen LogP contribution in [0.1, 0.15) is 25.3 Å². The van der Waals surface area contributed by atoms with E-state index in [-0.39, 0.29) is 23.1 Å². The molecule has 0 unspecified atom stereocenters. The number of ether oxygens (including phenoxy) is 1. The van der Waals surface area contributed by atoms with Crippen LogP contribution >= 0.6 is 23.2 Å². The maximum atomic E-state index is 12.0. The predicted molar refractivity (Wildman–Crippen MR) is 81.3 cm³/mol. The summed E-state index contributed by atoms with van der Waals surface area (Å²) in [4.78, 5) is 12.0. The van der Waals surface area contributed by atoms with Gasteiger partial charge in [0.25, 0.3) is 5.56 Å². The number of aliphatic hydroxyl groups is 1. The zero-order valence-corrected chi connectivity index (χ0v) is 13.0. The smallest absolute Gasteiger partial charge is 0.272 e. The van der Waals surface area contributed by atoms with Crippen molar-refractivity contribution in [3.63, 3.8) is 0 Å². The van der Waals surface area contributed by atoms with Crippen molar-refractivity contribution in [3.05, 3.63) is 50.2 Å². The highest BCUT2D eigenvalue weighted by Gasteiger charge is 2.14. The summed E-state index contributed by atoms with van der Waals surface area (Å²) in [5, 5.41) is 13.8. The Morgan fingerprint density at radius 3 is 2.48 bits per heavy atom. The van der Waals surface area contributed by atoms with Gasteiger partial charge in [0.15, 0.2) is 5.75 Å². The van der Waals surface area contributed by atoms with Crippen molar-refractivity contribution < 1.29 is 9.84 Å². The number of hydrogen-bond acceptors (Lipinski definition) is 4. The number of aromatic nitrogens is 2. The molecule has 0 atom stereocenters. The van der Waals surface area contributed by atoms with E-state index < -0.39 is 6.73 Å². The second-order valence-electron chi connectivity index (χ2n) is 4.69. The van der Waals surface area contributed by atoms with E-state index in [1.54, 1.807) is 18.2 Å². The minimum atomic E-state index is -0.536. The van der Waals surface area contributed by atoms with Gasteiger partial charge >= 0.3 is 0 Å². The average molecular weight is 329 g/mol. The normalized spacial score (nSPS) is 11.0. The van der Waals surface area contributed by atoms with Crippen LogP contribution in [-0.4, -0.2) is 14.9 Å². The summed E-state index contributed by atoms with van der Waals surface area (Å²) >= 11 is 12.1. The standard InChI is InChI=1S/C14H14Cl2N2O3/c1-8(2)9-6-12(17-18(7-19)14(9)20)21-13-10(15)4-3-5-11(13)16/h3-6,8,19H,7H2,1-2H3. The van der Waals surface area contributed by atoms with Crippen molar-refractivity contribution in [1.29, 1.82) is 0 Å². The van der Waals surface area contributed by atoms with Crippen LogP contribution in [0.4, 0.5) is 0 Å². The number of aliphatic hydroxyl groups excluding tert-OH is 1. The van der Waals surface area contributed by atoms with E-state index in [1.807, 2.05) is 13.8 Å².